The fraction of sp³-hybridized carbons (Fsp3) is 0.154. The maximum absolute atomic E-state index is 11.8. The molecule has 0 amide bonds. The van der Waals surface area contributed by atoms with Gasteiger partial charge in [-0.1, -0.05) is 12.1 Å². The van der Waals surface area contributed by atoms with E-state index >= 15 is 0 Å². The number of aromatic nitrogens is 4. The first-order valence-electron chi connectivity index (χ1n) is 11.9. The summed E-state index contributed by atoms with van der Waals surface area (Å²) in [6, 6.07) is 13.6. The SMILES string of the molecule is Cc1ccc(NS(C)(=O)=O)cc1-n1c(C)cc(-c2nc3c(Nc4cccc(S(N)(=O)=O)c4)c(Br)cnc3[nH]2)c1C. The van der Waals surface area contributed by atoms with Gasteiger partial charge in [0.1, 0.15) is 11.3 Å². The molecule has 0 aliphatic carbocycles. The van der Waals surface area contributed by atoms with E-state index in [1.165, 1.54) is 12.1 Å². The number of nitrogens with zero attached hydrogens (tertiary/aromatic N) is 3. The molecule has 0 fully saturated rings. The monoisotopic (exact) mass is 643 g/mol. The smallest absolute Gasteiger partial charge is 0.238 e. The van der Waals surface area contributed by atoms with E-state index in [1.54, 1.807) is 30.5 Å². The molecule has 2 aromatic carbocycles. The highest BCUT2D eigenvalue weighted by Crippen LogP contribution is 2.36. The topological polar surface area (TPSA) is 165 Å². The Balaban J connectivity index is 1.58. The van der Waals surface area contributed by atoms with Gasteiger partial charge in [-0.3, -0.25) is 4.72 Å². The van der Waals surface area contributed by atoms with E-state index in [1.807, 2.05) is 37.5 Å². The van der Waals surface area contributed by atoms with Crippen molar-refractivity contribution >= 4 is 64.2 Å². The van der Waals surface area contributed by atoms with Crippen LogP contribution in [0.5, 0.6) is 0 Å². The number of imidazole rings is 1. The molecule has 0 saturated carbocycles. The molecule has 0 unspecified atom stereocenters. The second kappa shape index (κ2) is 10.0. The highest BCUT2D eigenvalue weighted by atomic mass is 79.9. The zero-order valence-electron chi connectivity index (χ0n) is 21.9. The number of benzene rings is 2. The summed E-state index contributed by atoms with van der Waals surface area (Å²) in [6.45, 7) is 5.89. The number of fused-ring (bicyclic) bond motifs is 1. The predicted octanol–water partition coefficient (Wildman–Crippen LogP) is 4.87. The van der Waals surface area contributed by atoms with Gasteiger partial charge in [0.05, 0.1) is 32.7 Å². The van der Waals surface area contributed by atoms with Gasteiger partial charge < -0.3 is 14.9 Å². The Bertz CT molecular complexity index is 2020. The normalized spacial score (nSPS) is 12.2. The van der Waals surface area contributed by atoms with Crippen molar-refractivity contribution in [2.24, 2.45) is 5.14 Å². The molecule has 5 aromatic rings. The lowest BCUT2D eigenvalue weighted by Crippen LogP contribution is -2.12. The summed E-state index contributed by atoms with van der Waals surface area (Å²) in [4.78, 5) is 12.6. The number of aryl methyl sites for hydroxylation is 2. The minimum absolute atomic E-state index is 0.0137. The van der Waals surface area contributed by atoms with Crippen LogP contribution in [0.15, 0.2) is 64.1 Å². The number of nitrogens with two attached hydrogens (primary N) is 1. The van der Waals surface area contributed by atoms with Gasteiger partial charge in [-0.05, 0) is 78.7 Å². The van der Waals surface area contributed by atoms with Crippen molar-refractivity contribution in [2.75, 3.05) is 16.3 Å². The first kappa shape index (κ1) is 27.8. The van der Waals surface area contributed by atoms with Crippen molar-refractivity contribution in [1.82, 2.24) is 19.5 Å². The Morgan fingerprint density at radius 1 is 1.00 bits per heavy atom. The highest BCUT2D eigenvalue weighted by molar-refractivity contribution is 9.10. The van der Waals surface area contributed by atoms with E-state index in [0.29, 0.717) is 38.5 Å². The van der Waals surface area contributed by atoms with E-state index in [-0.39, 0.29) is 4.90 Å². The summed E-state index contributed by atoms with van der Waals surface area (Å²) in [5.41, 5.74) is 7.13. The van der Waals surface area contributed by atoms with Crippen molar-refractivity contribution in [3.8, 4) is 17.1 Å². The van der Waals surface area contributed by atoms with E-state index < -0.39 is 20.0 Å². The molecule has 11 nitrogen and oxygen atoms in total. The van der Waals surface area contributed by atoms with Crippen LogP contribution in [-0.4, -0.2) is 42.6 Å². The van der Waals surface area contributed by atoms with Crippen molar-refractivity contribution in [3.63, 3.8) is 0 Å². The van der Waals surface area contributed by atoms with Crippen LogP contribution < -0.4 is 15.2 Å². The molecule has 3 heterocycles. The van der Waals surface area contributed by atoms with Crippen LogP contribution in [0.4, 0.5) is 17.1 Å². The first-order chi connectivity index (χ1) is 18.7. The van der Waals surface area contributed by atoms with Gasteiger partial charge in [-0.25, -0.2) is 31.9 Å². The summed E-state index contributed by atoms with van der Waals surface area (Å²) in [5, 5.41) is 8.53. The number of rotatable bonds is 7. The van der Waals surface area contributed by atoms with Crippen LogP contribution in [0.2, 0.25) is 0 Å². The third-order valence-electron chi connectivity index (χ3n) is 6.34. The van der Waals surface area contributed by atoms with Crippen LogP contribution in [0, 0.1) is 20.8 Å². The third-order valence-corrected chi connectivity index (χ3v) is 8.46. The molecule has 0 atom stereocenters. The van der Waals surface area contributed by atoms with Gasteiger partial charge in [0.25, 0.3) is 0 Å². The van der Waals surface area contributed by atoms with E-state index in [4.69, 9.17) is 10.1 Å². The molecule has 208 valence electrons. The molecule has 40 heavy (non-hydrogen) atoms. The maximum atomic E-state index is 11.8. The molecule has 3 aromatic heterocycles. The molecule has 0 radical (unpaired) electrons. The summed E-state index contributed by atoms with van der Waals surface area (Å²) in [5.74, 6) is 0.587. The van der Waals surface area contributed by atoms with Gasteiger partial charge in [0.15, 0.2) is 5.65 Å². The Kier molecular flexibility index (Phi) is 6.98. The molecule has 0 aliphatic rings. The Morgan fingerprint density at radius 3 is 2.45 bits per heavy atom. The number of hydrogen-bond donors (Lipinski definition) is 4. The third kappa shape index (κ3) is 5.47. The first-order valence-corrected chi connectivity index (χ1v) is 16.2. The number of nitrogens with one attached hydrogen (secondary N) is 3. The lowest BCUT2D eigenvalue weighted by atomic mass is 10.1. The van der Waals surface area contributed by atoms with Gasteiger partial charge in [-0.2, -0.15) is 0 Å². The number of halogens is 1. The second-order valence-corrected chi connectivity index (χ2v) is 13.6. The lowest BCUT2D eigenvalue weighted by molar-refractivity contribution is 0.597. The van der Waals surface area contributed by atoms with E-state index in [9.17, 15) is 16.8 Å². The van der Waals surface area contributed by atoms with Crippen molar-refractivity contribution < 1.29 is 16.8 Å². The molecule has 0 saturated heterocycles. The Labute approximate surface area is 240 Å². The quantitative estimate of drug-likeness (QED) is 0.196. The van der Waals surface area contributed by atoms with Gasteiger partial charge >= 0.3 is 0 Å². The summed E-state index contributed by atoms with van der Waals surface area (Å²) in [7, 11) is -7.30. The zero-order chi connectivity index (χ0) is 29.0. The standard InChI is InChI=1S/C26H26BrN7O4S2/c1-14-8-9-18(33-39(4,35)36)12-22(14)34-15(2)10-20(16(34)3)25-31-24-23(21(27)13-29-26(24)32-25)30-17-6-5-7-19(11-17)40(28,37)38/h5-13,33H,1-4H3,(H2,28,37,38)(H2,29,30,31,32). The molecule has 0 bridgehead atoms. The van der Waals surface area contributed by atoms with Gasteiger partial charge in [0.2, 0.25) is 20.0 Å². The minimum Gasteiger partial charge on any atom is -0.353 e. The number of sulfonamides is 2. The largest absolute Gasteiger partial charge is 0.353 e. The summed E-state index contributed by atoms with van der Waals surface area (Å²) < 4.78 is 52.4. The van der Waals surface area contributed by atoms with E-state index in [2.05, 4.69) is 35.9 Å². The molecule has 14 heteroatoms. The average molecular weight is 645 g/mol. The van der Waals surface area contributed by atoms with Gasteiger partial charge in [-0.15, -0.1) is 0 Å². The molecular weight excluding hydrogens is 618 g/mol. The summed E-state index contributed by atoms with van der Waals surface area (Å²) in [6.07, 6.45) is 2.74. The fourth-order valence-corrected chi connectivity index (χ4v) is 6.08. The Morgan fingerprint density at radius 2 is 1.75 bits per heavy atom. The van der Waals surface area contributed by atoms with Crippen LogP contribution in [0.3, 0.4) is 0 Å². The number of primary sulfonamides is 1. The number of anilines is 3. The summed E-state index contributed by atoms with van der Waals surface area (Å²) >= 11 is 3.52. The number of pyridine rings is 1. The van der Waals surface area contributed by atoms with Crippen molar-refractivity contribution in [1.29, 1.82) is 0 Å². The number of aromatic amines is 1. The van der Waals surface area contributed by atoms with Gasteiger partial charge in [0, 0.05) is 28.8 Å². The average Bonchev–Trinajstić information content (AvgIpc) is 3.41. The Hall–Kier alpha value is -3.72. The predicted molar refractivity (Wildman–Crippen MR) is 160 cm³/mol. The number of H-pyrrole nitrogens is 1. The number of hydrogen-bond acceptors (Lipinski definition) is 7. The molecular formula is C26H26BrN7O4S2. The molecule has 5 rings (SSSR count). The van der Waals surface area contributed by atoms with Crippen LogP contribution in [0.25, 0.3) is 28.2 Å². The maximum Gasteiger partial charge on any atom is 0.238 e. The lowest BCUT2D eigenvalue weighted by Gasteiger charge is -2.15. The van der Waals surface area contributed by atoms with E-state index in [0.717, 1.165) is 34.5 Å². The van der Waals surface area contributed by atoms with Crippen molar-refractivity contribution in [2.45, 2.75) is 25.7 Å². The van der Waals surface area contributed by atoms with Crippen LogP contribution in [-0.2, 0) is 20.0 Å². The zero-order valence-corrected chi connectivity index (χ0v) is 25.2. The van der Waals surface area contributed by atoms with Crippen LogP contribution in [0.1, 0.15) is 17.0 Å². The van der Waals surface area contributed by atoms with Crippen molar-refractivity contribution in [3.05, 3.63) is 76.2 Å². The molecule has 0 aliphatic heterocycles. The molecule has 5 N–H and O–H groups in total. The minimum atomic E-state index is -3.87. The molecule has 0 spiro atoms. The van der Waals surface area contributed by atoms with Crippen LogP contribution >= 0.6 is 15.9 Å². The highest BCUT2D eigenvalue weighted by Gasteiger charge is 2.20. The second-order valence-electron chi connectivity index (χ2n) is 9.46. The fourth-order valence-electron chi connectivity index (χ4n) is 4.57.